The van der Waals surface area contributed by atoms with E-state index in [2.05, 4.69) is 6.07 Å². The van der Waals surface area contributed by atoms with Crippen LogP contribution in [0.1, 0.15) is 29.5 Å². The standard InChI is InChI=1S/C25H26ClFN2O4/c1-17-11-20(26)12-19(13-22(30)32-2)24(17)33-23(31)15-29-9-7-25(16-28,8-10-29)14-18-3-5-21(27)6-4-18/h3-6,11-12H,7-10,13-15H2,1-2H3. The summed E-state index contributed by atoms with van der Waals surface area (Å²) in [5.74, 6) is -0.897. The van der Waals surface area contributed by atoms with Gasteiger partial charge in [-0.25, -0.2) is 4.39 Å². The zero-order chi connectivity index (χ0) is 24.0. The second-order valence-corrected chi connectivity index (χ2v) is 8.85. The van der Waals surface area contributed by atoms with Gasteiger partial charge in [-0.3, -0.25) is 14.5 Å². The lowest BCUT2D eigenvalue weighted by Gasteiger charge is -2.37. The highest BCUT2D eigenvalue weighted by Crippen LogP contribution is 2.35. The van der Waals surface area contributed by atoms with E-state index in [0.29, 0.717) is 54.3 Å². The first-order valence-corrected chi connectivity index (χ1v) is 11.1. The summed E-state index contributed by atoms with van der Waals surface area (Å²) in [6.07, 6.45) is 1.69. The average molecular weight is 473 g/mol. The Morgan fingerprint density at radius 2 is 1.85 bits per heavy atom. The zero-order valence-corrected chi connectivity index (χ0v) is 19.5. The summed E-state index contributed by atoms with van der Waals surface area (Å²) < 4.78 is 23.5. The molecule has 0 aliphatic carbocycles. The van der Waals surface area contributed by atoms with Gasteiger partial charge in [0.15, 0.2) is 0 Å². The molecule has 33 heavy (non-hydrogen) atoms. The Bertz CT molecular complexity index is 1060. The van der Waals surface area contributed by atoms with Gasteiger partial charge in [0.05, 0.1) is 31.6 Å². The number of nitriles is 1. The van der Waals surface area contributed by atoms with Crippen LogP contribution in [0.25, 0.3) is 0 Å². The van der Waals surface area contributed by atoms with Crippen LogP contribution < -0.4 is 4.74 Å². The number of esters is 2. The Hall–Kier alpha value is -2.95. The number of nitrogens with zero attached hydrogens (tertiary/aromatic N) is 2. The van der Waals surface area contributed by atoms with E-state index in [4.69, 9.17) is 21.1 Å². The molecular weight excluding hydrogens is 447 g/mol. The van der Waals surface area contributed by atoms with E-state index >= 15 is 0 Å². The molecule has 1 heterocycles. The molecule has 0 aromatic heterocycles. The van der Waals surface area contributed by atoms with Crippen molar-refractivity contribution in [3.63, 3.8) is 0 Å². The van der Waals surface area contributed by atoms with Gasteiger partial charge in [0, 0.05) is 23.7 Å². The van der Waals surface area contributed by atoms with Gasteiger partial charge in [0.2, 0.25) is 0 Å². The first-order valence-electron chi connectivity index (χ1n) is 10.7. The topological polar surface area (TPSA) is 79.6 Å². The minimum atomic E-state index is -0.543. The molecule has 1 aliphatic heterocycles. The maximum absolute atomic E-state index is 13.2. The van der Waals surface area contributed by atoms with E-state index in [1.165, 1.54) is 19.2 Å². The molecule has 0 N–H and O–H groups in total. The smallest absolute Gasteiger partial charge is 0.325 e. The summed E-state index contributed by atoms with van der Waals surface area (Å²) in [7, 11) is 1.29. The van der Waals surface area contributed by atoms with Gasteiger partial charge in [-0.1, -0.05) is 23.7 Å². The van der Waals surface area contributed by atoms with Crippen LogP contribution in [0.15, 0.2) is 36.4 Å². The number of piperidine rings is 1. The lowest BCUT2D eigenvalue weighted by atomic mass is 9.75. The second-order valence-electron chi connectivity index (χ2n) is 8.41. The Labute approximate surface area is 197 Å². The molecule has 2 aromatic carbocycles. The number of ether oxygens (including phenoxy) is 2. The van der Waals surface area contributed by atoms with Gasteiger partial charge in [0.1, 0.15) is 11.6 Å². The number of carbonyl (C=O) groups is 2. The van der Waals surface area contributed by atoms with Crippen LogP contribution in [0.4, 0.5) is 4.39 Å². The molecule has 8 heteroatoms. The molecule has 0 atom stereocenters. The van der Waals surface area contributed by atoms with Gasteiger partial charge in [-0.05, 0) is 61.6 Å². The highest BCUT2D eigenvalue weighted by molar-refractivity contribution is 6.30. The van der Waals surface area contributed by atoms with Crippen LogP contribution >= 0.6 is 11.6 Å². The Balaban J connectivity index is 1.61. The third-order valence-corrected chi connectivity index (χ3v) is 6.17. The molecule has 174 valence electrons. The fraction of sp³-hybridized carbons (Fsp3) is 0.400. The molecule has 0 saturated carbocycles. The zero-order valence-electron chi connectivity index (χ0n) is 18.7. The lowest BCUT2D eigenvalue weighted by molar-refractivity contribution is -0.140. The number of methoxy groups -OCH3 is 1. The molecule has 0 bridgehead atoms. The van der Waals surface area contributed by atoms with Gasteiger partial charge in [-0.15, -0.1) is 0 Å². The van der Waals surface area contributed by atoms with Gasteiger partial charge in [0.25, 0.3) is 0 Å². The first-order chi connectivity index (χ1) is 15.7. The van der Waals surface area contributed by atoms with Crippen molar-refractivity contribution in [3.8, 4) is 11.8 Å². The van der Waals surface area contributed by atoms with Gasteiger partial charge in [-0.2, -0.15) is 5.26 Å². The number of aryl methyl sites for hydroxylation is 1. The molecule has 3 rings (SSSR count). The van der Waals surface area contributed by atoms with Crippen LogP contribution in [-0.2, 0) is 27.2 Å². The third-order valence-electron chi connectivity index (χ3n) is 5.95. The van der Waals surface area contributed by atoms with Crippen molar-refractivity contribution in [2.75, 3.05) is 26.7 Å². The number of rotatable bonds is 7. The summed E-state index contributed by atoms with van der Waals surface area (Å²) in [4.78, 5) is 26.4. The van der Waals surface area contributed by atoms with E-state index < -0.39 is 17.4 Å². The van der Waals surface area contributed by atoms with Crippen molar-refractivity contribution < 1.29 is 23.5 Å². The van der Waals surface area contributed by atoms with E-state index in [1.54, 1.807) is 31.2 Å². The Kier molecular flexibility index (Phi) is 8.06. The number of hydrogen-bond acceptors (Lipinski definition) is 6. The molecular formula is C25H26ClFN2O4. The molecule has 6 nitrogen and oxygen atoms in total. The highest BCUT2D eigenvalue weighted by atomic mass is 35.5. The molecule has 0 radical (unpaired) electrons. The largest absolute Gasteiger partial charge is 0.469 e. The Morgan fingerprint density at radius 1 is 1.18 bits per heavy atom. The monoisotopic (exact) mass is 472 g/mol. The van der Waals surface area contributed by atoms with Crippen molar-refractivity contribution in [1.29, 1.82) is 5.26 Å². The van der Waals surface area contributed by atoms with Crippen LogP contribution in [0.2, 0.25) is 5.02 Å². The number of halogens is 2. The maximum atomic E-state index is 13.2. The van der Waals surface area contributed by atoms with Crippen LogP contribution in [0, 0.1) is 29.5 Å². The fourth-order valence-corrected chi connectivity index (χ4v) is 4.39. The number of hydrogen-bond donors (Lipinski definition) is 0. The average Bonchev–Trinajstić information content (AvgIpc) is 2.79. The van der Waals surface area contributed by atoms with Gasteiger partial charge < -0.3 is 9.47 Å². The Morgan fingerprint density at radius 3 is 2.45 bits per heavy atom. The van der Waals surface area contributed by atoms with E-state index in [-0.39, 0.29) is 18.8 Å². The van der Waals surface area contributed by atoms with Crippen LogP contribution in [0.5, 0.6) is 5.75 Å². The second kappa shape index (κ2) is 10.8. The van der Waals surface area contributed by atoms with Crippen LogP contribution in [-0.4, -0.2) is 43.6 Å². The summed E-state index contributed by atoms with van der Waals surface area (Å²) in [6.45, 7) is 2.96. The van der Waals surface area contributed by atoms with Crippen molar-refractivity contribution in [3.05, 3.63) is 63.9 Å². The van der Waals surface area contributed by atoms with E-state index in [0.717, 1.165) is 5.56 Å². The predicted octanol–water partition coefficient (Wildman–Crippen LogP) is 4.26. The predicted molar refractivity (Wildman–Crippen MR) is 121 cm³/mol. The lowest BCUT2D eigenvalue weighted by Crippen LogP contribution is -2.43. The van der Waals surface area contributed by atoms with Crippen molar-refractivity contribution in [2.24, 2.45) is 5.41 Å². The fourth-order valence-electron chi connectivity index (χ4n) is 4.09. The maximum Gasteiger partial charge on any atom is 0.325 e. The minimum Gasteiger partial charge on any atom is -0.469 e. The first kappa shape index (κ1) is 24.7. The molecule has 2 aromatic rings. The van der Waals surface area contributed by atoms with Gasteiger partial charge >= 0.3 is 11.9 Å². The molecule has 0 unspecified atom stereocenters. The van der Waals surface area contributed by atoms with Crippen molar-refractivity contribution in [1.82, 2.24) is 4.90 Å². The molecule has 0 spiro atoms. The quantitative estimate of drug-likeness (QED) is 0.442. The SMILES string of the molecule is COC(=O)Cc1cc(Cl)cc(C)c1OC(=O)CN1CCC(C#N)(Cc2ccc(F)cc2)CC1. The highest BCUT2D eigenvalue weighted by Gasteiger charge is 2.35. The molecule has 1 fully saturated rings. The number of likely N-dealkylation sites (tertiary alicyclic amines) is 1. The molecule has 1 aliphatic rings. The summed E-state index contributed by atoms with van der Waals surface area (Å²) in [5.41, 5.74) is 1.51. The van der Waals surface area contributed by atoms with Crippen molar-refractivity contribution >= 4 is 23.5 Å². The minimum absolute atomic E-state index is 0.0572. The summed E-state index contributed by atoms with van der Waals surface area (Å²) in [5, 5.41) is 10.3. The van der Waals surface area contributed by atoms with Crippen LogP contribution in [0.3, 0.4) is 0 Å². The normalized spacial score (nSPS) is 15.5. The van der Waals surface area contributed by atoms with E-state index in [1.807, 2.05) is 4.90 Å². The summed E-state index contributed by atoms with van der Waals surface area (Å²) in [6, 6.07) is 11.9. The number of carbonyl (C=O) groups excluding carboxylic acids is 2. The number of benzene rings is 2. The van der Waals surface area contributed by atoms with E-state index in [9.17, 15) is 19.2 Å². The third kappa shape index (κ3) is 6.53. The molecule has 0 amide bonds. The molecule has 1 saturated heterocycles. The van der Waals surface area contributed by atoms with Crippen molar-refractivity contribution in [2.45, 2.75) is 32.6 Å². The summed E-state index contributed by atoms with van der Waals surface area (Å²) >= 11 is 6.10.